The minimum Gasteiger partial charge on any atom is -0.382 e. The molecule has 3 rings (SSSR count). The number of nitrogens with one attached hydrogen (secondary N) is 2. The number of carbonyl (C=O) groups is 1. The first kappa shape index (κ1) is 18.9. The molecule has 0 radical (unpaired) electrons. The van der Waals surface area contributed by atoms with Gasteiger partial charge in [-0.2, -0.15) is 5.10 Å². The zero-order chi connectivity index (χ0) is 25.3. The highest BCUT2D eigenvalue weighted by Crippen LogP contribution is 2.27. The van der Waals surface area contributed by atoms with Gasteiger partial charge < -0.3 is 15.4 Å². The summed E-state index contributed by atoms with van der Waals surface area (Å²) in [6.07, 6.45) is 4.34. The lowest BCUT2D eigenvalue weighted by Crippen LogP contribution is -2.43. The maximum atomic E-state index is 14.7. The van der Waals surface area contributed by atoms with Crippen LogP contribution in [0, 0.1) is 0 Å². The first-order valence-electron chi connectivity index (χ1n) is 11.1. The zero-order valence-corrected chi connectivity index (χ0v) is 18.4. The molecular weight excluding hydrogens is 423 g/mol. The van der Waals surface area contributed by atoms with E-state index in [1.54, 1.807) is 18.5 Å². The van der Waals surface area contributed by atoms with Gasteiger partial charge in [0.2, 0.25) is 0 Å². The Bertz CT molecular complexity index is 1190. The van der Waals surface area contributed by atoms with Crippen molar-refractivity contribution < 1.29 is 18.0 Å². The van der Waals surface area contributed by atoms with Crippen LogP contribution in [0.1, 0.15) is 42.2 Å². The van der Waals surface area contributed by atoms with Crippen molar-refractivity contribution in [3.05, 3.63) is 41.4 Å². The maximum absolute atomic E-state index is 14.7. The number of methoxy groups -OCH3 is 1. The van der Waals surface area contributed by atoms with Crippen LogP contribution in [0.3, 0.4) is 0 Å². The van der Waals surface area contributed by atoms with Gasteiger partial charge in [-0.1, -0.05) is 11.6 Å². The number of hydrogen-bond donors (Lipinski definition) is 2. The van der Waals surface area contributed by atoms with E-state index in [9.17, 15) is 9.18 Å². The number of carbonyl (C=O) groups excluding carboxylic acids is 1. The second-order valence-corrected chi connectivity index (χ2v) is 8.33. The van der Waals surface area contributed by atoms with Gasteiger partial charge in [0.1, 0.15) is 6.17 Å². The smallest absolute Gasteiger partial charge is 0.255 e. The summed E-state index contributed by atoms with van der Waals surface area (Å²) in [6, 6.07) is 1.68. The van der Waals surface area contributed by atoms with E-state index in [2.05, 4.69) is 25.7 Å². The predicted octanol–water partition coefficient (Wildman–Crippen LogP) is 3.76. The van der Waals surface area contributed by atoms with Gasteiger partial charge in [0.05, 0.1) is 56.2 Å². The summed E-state index contributed by atoms with van der Waals surface area (Å²) in [4.78, 5) is 21.5. The molecule has 2 N–H and O–H groups in total. The summed E-state index contributed by atoms with van der Waals surface area (Å²) in [7, 11) is -2.76. The third-order valence-electron chi connectivity index (χ3n) is 4.65. The molecule has 3 aromatic rings. The van der Waals surface area contributed by atoms with Crippen LogP contribution in [0.15, 0.2) is 30.9 Å². The van der Waals surface area contributed by atoms with Gasteiger partial charge in [0.15, 0.2) is 5.65 Å². The summed E-state index contributed by atoms with van der Waals surface area (Å²) < 4.78 is 42.6. The Morgan fingerprint density at radius 3 is 2.84 bits per heavy atom. The Morgan fingerprint density at radius 2 is 2.13 bits per heavy atom. The number of ether oxygens (including phenoxy) is 1. The van der Waals surface area contributed by atoms with E-state index in [0.717, 1.165) is 0 Å². The lowest BCUT2D eigenvalue weighted by Gasteiger charge is -2.27. The molecule has 0 saturated heterocycles. The summed E-state index contributed by atoms with van der Waals surface area (Å²) in [5.74, 6) is -0.570. The van der Waals surface area contributed by atoms with Gasteiger partial charge in [-0.25, -0.2) is 13.9 Å². The van der Waals surface area contributed by atoms with Crippen LogP contribution < -0.4 is 10.6 Å². The fraction of sp³-hybridized carbons (Fsp3) is 0.429. The highest BCUT2D eigenvalue weighted by Gasteiger charge is 2.30. The van der Waals surface area contributed by atoms with Crippen molar-refractivity contribution in [2.45, 2.75) is 45.5 Å². The largest absolute Gasteiger partial charge is 0.382 e. The quantitative estimate of drug-likeness (QED) is 0.541. The van der Waals surface area contributed by atoms with Crippen molar-refractivity contribution in [1.82, 2.24) is 24.9 Å². The van der Waals surface area contributed by atoms with Crippen LogP contribution in [0.2, 0.25) is 5.02 Å². The summed E-state index contributed by atoms with van der Waals surface area (Å²) in [5, 5.41) is 10.4. The van der Waals surface area contributed by atoms with Crippen LogP contribution >= 0.6 is 11.6 Å². The van der Waals surface area contributed by atoms with E-state index < -0.39 is 31.3 Å². The van der Waals surface area contributed by atoms with E-state index >= 15 is 0 Å². The number of anilines is 1. The van der Waals surface area contributed by atoms with Gasteiger partial charge in [0.25, 0.3) is 5.91 Å². The van der Waals surface area contributed by atoms with Crippen molar-refractivity contribution in [3.63, 3.8) is 0 Å². The third-order valence-corrected chi connectivity index (χ3v) is 4.85. The SMILES string of the molecule is [2H]C([2H])([2H])OC(C)(C)[C@H](F)CNC(=O)c1cnc(-c2cnn3cc(Cl)cnc23)cc1NC(C)C. The predicted molar refractivity (Wildman–Crippen MR) is 118 cm³/mol. The van der Waals surface area contributed by atoms with Crippen molar-refractivity contribution in [2.24, 2.45) is 0 Å². The van der Waals surface area contributed by atoms with Gasteiger partial charge in [-0.15, -0.1) is 0 Å². The highest BCUT2D eigenvalue weighted by molar-refractivity contribution is 6.30. The molecule has 0 saturated carbocycles. The maximum Gasteiger partial charge on any atom is 0.255 e. The minimum absolute atomic E-state index is 0.0109. The number of amides is 1. The monoisotopic (exact) mass is 451 g/mol. The summed E-state index contributed by atoms with van der Waals surface area (Å²) in [6.45, 7) is 6.01. The Balaban J connectivity index is 1.84. The molecule has 8 nitrogen and oxygen atoms in total. The molecule has 0 fully saturated rings. The summed E-state index contributed by atoms with van der Waals surface area (Å²) in [5.41, 5.74) is 0.772. The van der Waals surface area contributed by atoms with E-state index in [-0.39, 0.29) is 11.6 Å². The molecule has 1 amide bonds. The number of alkyl halides is 1. The molecule has 166 valence electrons. The normalized spacial score (nSPS) is 14.7. The van der Waals surface area contributed by atoms with Crippen LogP contribution in [-0.2, 0) is 4.74 Å². The van der Waals surface area contributed by atoms with Gasteiger partial charge in [-0.05, 0) is 33.8 Å². The van der Waals surface area contributed by atoms with Crippen molar-refractivity contribution in [3.8, 4) is 11.3 Å². The van der Waals surface area contributed by atoms with Gasteiger partial charge in [0, 0.05) is 25.5 Å². The molecular formula is C21H26ClFN6O2. The molecule has 31 heavy (non-hydrogen) atoms. The van der Waals surface area contributed by atoms with Crippen molar-refractivity contribution in [2.75, 3.05) is 18.9 Å². The first-order chi connectivity index (χ1) is 15.8. The van der Waals surface area contributed by atoms with Crippen molar-refractivity contribution >= 4 is 28.8 Å². The summed E-state index contributed by atoms with van der Waals surface area (Å²) >= 11 is 5.97. The number of aromatic nitrogens is 4. The Kier molecular flexibility index (Phi) is 5.59. The fourth-order valence-corrected chi connectivity index (χ4v) is 2.98. The number of pyridine rings is 1. The minimum atomic E-state index is -2.76. The molecule has 0 aliphatic rings. The molecule has 0 aliphatic heterocycles. The zero-order valence-electron chi connectivity index (χ0n) is 20.6. The Morgan fingerprint density at radius 1 is 1.35 bits per heavy atom. The fourth-order valence-electron chi connectivity index (χ4n) is 2.83. The van der Waals surface area contributed by atoms with E-state index in [4.69, 9.17) is 20.5 Å². The average Bonchev–Trinajstić information content (AvgIpc) is 3.12. The third kappa shape index (κ3) is 5.11. The van der Waals surface area contributed by atoms with Crippen molar-refractivity contribution in [1.29, 1.82) is 0 Å². The second-order valence-electron chi connectivity index (χ2n) is 7.90. The topological polar surface area (TPSA) is 93.4 Å². The standard InChI is InChI=1S/C21H26ClFN6O2/c1-12(2)28-17-6-16(14-9-27-29-11-13(22)7-25-19(14)29)24-8-15(17)20(30)26-10-18(23)21(3,4)31-5/h6-9,11-12,18H,10H2,1-5H3,(H,24,28)(H,26,30)/t18-/m1/s1/i5D3. The average molecular weight is 452 g/mol. The molecule has 1 atom stereocenters. The lowest BCUT2D eigenvalue weighted by atomic mass is 10.0. The molecule has 0 unspecified atom stereocenters. The van der Waals surface area contributed by atoms with Crippen LogP contribution in [0.5, 0.6) is 0 Å². The first-order valence-corrected chi connectivity index (χ1v) is 10.0. The molecule has 3 aromatic heterocycles. The number of fused-ring (bicyclic) bond motifs is 1. The highest BCUT2D eigenvalue weighted by atomic mass is 35.5. The van der Waals surface area contributed by atoms with E-state index in [0.29, 0.717) is 27.6 Å². The number of hydrogen-bond acceptors (Lipinski definition) is 6. The number of nitrogens with zero attached hydrogens (tertiary/aromatic N) is 4. The van der Waals surface area contributed by atoms with Gasteiger partial charge in [-0.3, -0.25) is 9.78 Å². The number of halogens is 2. The van der Waals surface area contributed by atoms with Crippen LogP contribution in [0.4, 0.5) is 10.1 Å². The molecule has 0 aromatic carbocycles. The van der Waals surface area contributed by atoms with Crippen LogP contribution in [0.25, 0.3) is 16.9 Å². The Labute approximate surface area is 189 Å². The molecule has 0 bridgehead atoms. The number of rotatable bonds is 8. The molecule has 0 spiro atoms. The van der Waals surface area contributed by atoms with E-state index in [1.165, 1.54) is 30.8 Å². The van der Waals surface area contributed by atoms with Gasteiger partial charge >= 0.3 is 0 Å². The Hall–Kier alpha value is -2.78. The second kappa shape index (κ2) is 9.15. The van der Waals surface area contributed by atoms with E-state index in [1.807, 2.05) is 13.8 Å². The van der Waals surface area contributed by atoms with Crippen LogP contribution in [-0.4, -0.2) is 56.9 Å². The molecule has 3 heterocycles. The molecule has 10 heteroatoms. The molecule has 0 aliphatic carbocycles. The lowest BCUT2D eigenvalue weighted by molar-refractivity contribution is -0.0404.